The minimum absolute atomic E-state index is 0.253. The van der Waals surface area contributed by atoms with Crippen molar-refractivity contribution in [3.63, 3.8) is 0 Å². The van der Waals surface area contributed by atoms with Gasteiger partial charge in [0.15, 0.2) is 12.4 Å². The van der Waals surface area contributed by atoms with Gasteiger partial charge in [0, 0.05) is 12.5 Å². The summed E-state index contributed by atoms with van der Waals surface area (Å²) in [5, 5.41) is 4.16. The van der Waals surface area contributed by atoms with Crippen LogP contribution in [0.15, 0.2) is 53.9 Å². The van der Waals surface area contributed by atoms with Crippen LogP contribution >= 0.6 is 0 Å². The largest absolute Gasteiger partial charge is 0.497 e. The third kappa shape index (κ3) is 6.35. The predicted octanol–water partition coefficient (Wildman–Crippen LogP) is 1.71. The van der Waals surface area contributed by atoms with E-state index in [1.807, 2.05) is 53.4 Å². The van der Waals surface area contributed by atoms with Crippen molar-refractivity contribution in [1.29, 1.82) is 0 Å². The Balaban J connectivity index is 1.90. The summed E-state index contributed by atoms with van der Waals surface area (Å²) in [5.74, 6) is 0.524. The number of ether oxygens (including phenoxy) is 1. The molecule has 2 N–H and O–H groups in total. The Morgan fingerprint density at radius 1 is 1.29 bits per heavy atom. The number of methoxy groups -OCH3 is 1. The maximum atomic E-state index is 10.7. The number of aromatic nitrogens is 1. The van der Waals surface area contributed by atoms with E-state index in [0.717, 1.165) is 17.0 Å². The maximum absolute atomic E-state index is 10.7. The fourth-order valence-corrected chi connectivity index (χ4v) is 2.53. The first-order valence-electron chi connectivity index (χ1n) is 7.34. The van der Waals surface area contributed by atoms with Crippen LogP contribution in [-0.2, 0) is 16.7 Å². The molecule has 7 nitrogen and oxygen atoms in total. The average molecular weight is 350 g/mol. The van der Waals surface area contributed by atoms with Gasteiger partial charge in [-0.3, -0.25) is 9.98 Å². The van der Waals surface area contributed by atoms with Gasteiger partial charge in [-0.25, -0.2) is 4.57 Å². The highest BCUT2D eigenvalue weighted by Crippen LogP contribution is 2.14. The van der Waals surface area contributed by atoms with Crippen molar-refractivity contribution in [3.05, 3.63) is 54.4 Å². The quantitative estimate of drug-likeness (QED) is 0.327. The second-order valence-electron chi connectivity index (χ2n) is 5.11. The van der Waals surface area contributed by atoms with Crippen molar-refractivity contribution in [2.24, 2.45) is 5.10 Å². The smallest absolute Gasteiger partial charge is 0.265 e. The summed E-state index contributed by atoms with van der Waals surface area (Å²) in [6.45, 7) is 0.493. The average Bonchev–Trinajstić information content (AvgIpc) is 2.55. The van der Waals surface area contributed by atoms with Crippen LogP contribution in [0, 0.1) is 0 Å². The standard InChI is InChI=1S/C16H19N3O4S/c1-23-16-7-5-15(6-8-16)18-17-12-14-4-2-9-19(13-14)10-3-11-24(20,21)22/h2,4-9,12-13,18H,3,10-11H2,1H3/p+1. The van der Waals surface area contributed by atoms with Crippen LogP contribution in [0.5, 0.6) is 5.75 Å². The van der Waals surface area contributed by atoms with Gasteiger partial charge in [-0.2, -0.15) is 13.5 Å². The number of aryl methyl sites for hydroxylation is 1. The highest BCUT2D eigenvalue weighted by molar-refractivity contribution is 7.85. The molecule has 128 valence electrons. The van der Waals surface area contributed by atoms with Crippen molar-refractivity contribution in [3.8, 4) is 5.75 Å². The molecule has 0 unspecified atom stereocenters. The maximum Gasteiger partial charge on any atom is 0.265 e. The van der Waals surface area contributed by atoms with Crippen LogP contribution in [0.25, 0.3) is 0 Å². The lowest BCUT2D eigenvalue weighted by atomic mass is 10.3. The molecule has 2 rings (SSSR count). The fourth-order valence-electron chi connectivity index (χ4n) is 2.03. The van der Waals surface area contributed by atoms with Crippen LogP contribution in [-0.4, -0.2) is 32.0 Å². The van der Waals surface area contributed by atoms with E-state index in [0.29, 0.717) is 13.0 Å². The van der Waals surface area contributed by atoms with Gasteiger partial charge in [-0.15, -0.1) is 0 Å². The first-order chi connectivity index (χ1) is 11.5. The summed E-state index contributed by atoms with van der Waals surface area (Å²) in [6, 6.07) is 11.1. The Morgan fingerprint density at radius 2 is 2.04 bits per heavy atom. The number of rotatable bonds is 8. The van der Waals surface area contributed by atoms with Crippen LogP contribution in [0.1, 0.15) is 12.0 Å². The zero-order valence-corrected chi connectivity index (χ0v) is 14.1. The molecule has 0 atom stereocenters. The first-order valence-corrected chi connectivity index (χ1v) is 8.94. The lowest BCUT2D eigenvalue weighted by Crippen LogP contribution is -2.34. The minimum Gasteiger partial charge on any atom is -0.497 e. The van der Waals surface area contributed by atoms with Gasteiger partial charge >= 0.3 is 0 Å². The van der Waals surface area contributed by atoms with Gasteiger partial charge in [0.1, 0.15) is 12.3 Å². The molecule has 1 aromatic carbocycles. The molecular weight excluding hydrogens is 330 g/mol. The summed E-state index contributed by atoms with van der Waals surface area (Å²) in [5.41, 5.74) is 4.62. The van der Waals surface area contributed by atoms with Gasteiger partial charge in [-0.05, 0) is 30.3 Å². The summed E-state index contributed by atoms with van der Waals surface area (Å²) in [7, 11) is -2.30. The normalized spacial score (nSPS) is 11.6. The summed E-state index contributed by atoms with van der Waals surface area (Å²) in [6.07, 6.45) is 5.69. The van der Waals surface area contributed by atoms with E-state index < -0.39 is 10.1 Å². The van der Waals surface area contributed by atoms with Gasteiger partial charge in [-0.1, -0.05) is 0 Å². The van der Waals surface area contributed by atoms with E-state index in [9.17, 15) is 8.42 Å². The van der Waals surface area contributed by atoms with E-state index in [1.165, 1.54) is 0 Å². The molecule has 0 aliphatic carbocycles. The first kappa shape index (κ1) is 17.9. The number of hydrogen-bond acceptors (Lipinski definition) is 5. The Kier molecular flexibility index (Phi) is 6.28. The second-order valence-corrected chi connectivity index (χ2v) is 6.69. The number of hydrazone groups is 1. The highest BCUT2D eigenvalue weighted by atomic mass is 32.2. The van der Waals surface area contributed by atoms with Gasteiger partial charge in [0.2, 0.25) is 0 Å². The molecule has 0 saturated heterocycles. The van der Waals surface area contributed by atoms with Crippen molar-refractivity contribution in [1.82, 2.24) is 0 Å². The zero-order valence-electron chi connectivity index (χ0n) is 13.3. The van der Waals surface area contributed by atoms with Crippen LogP contribution < -0.4 is 14.7 Å². The number of nitrogens with zero attached hydrogens (tertiary/aromatic N) is 2. The van der Waals surface area contributed by atoms with Crippen molar-refractivity contribution in [2.75, 3.05) is 18.3 Å². The van der Waals surface area contributed by atoms with E-state index in [4.69, 9.17) is 9.29 Å². The summed E-state index contributed by atoms with van der Waals surface area (Å²) >= 11 is 0. The number of anilines is 1. The molecule has 0 aliphatic heterocycles. The molecule has 0 saturated carbocycles. The molecule has 24 heavy (non-hydrogen) atoms. The molecule has 0 amide bonds. The number of nitrogens with one attached hydrogen (secondary N) is 1. The predicted molar refractivity (Wildman–Crippen MR) is 91.9 cm³/mol. The monoisotopic (exact) mass is 350 g/mol. The van der Waals surface area contributed by atoms with Crippen molar-refractivity contribution >= 4 is 22.0 Å². The molecule has 1 aromatic heterocycles. The highest BCUT2D eigenvalue weighted by Gasteiger charge is 2.07. The Labute approximate surface area is 141 Å². The number of hydrogen-bond donors (Lipinski definition) is 2. The molecule has 0 fully saturated rings. The zero-order chi connectivity index (χ0) is 17.4. The summed E-state index contributed by atoms with van der Waals surface area (Å²) < 4.78 is 37.1. The Bertz CT molecular complexity index is 789. The molecule has 1 heterocycles. The van der Waals surface area contributed by atoms with Crippen LogP contribution in [0.4, 0.5) is 5.69 Å². The second kappa shape index (κ2) is 8.42. The third-order valence-corrected chi connectivity index (χ3v) is 4.00. The van der Waals surface area contributed by atoms with E-state index in [2.05, 4.69) is 10.5 Å². The Hall–Kier alpha value is -2.45. The number of pyridine rings is 1. The van der Waals surface area contributed by atoms with Gasteiger partial charge in [0.25, 0.3) is 10.1 Å². The van der Waals surface area contributed by atoms with Gasteiger partial charge < -0.3 is 4.74 Å². The van der Waals surface area contributed by atoms with Crippen molar-refractivity contribution < 1.29 is 22.3 Å². The molecule has 8 heteroatoms. The minimum atomic E-state index is -3.91. The van der Waals surface area contributed by atoms with Crippen molar-refractivity contribution in [2.45, 2.75) is 13.0 Å². The summed E-state index contributed by atoms with van der Waals surface area (Å²) in [4.78, 5) is 0. The topological polar surface area (TPSA) is 91.9 Å². The van der Waals surface area contributed by atoms with E-state index >= 15 is 0 Å². The molecule has 0 radical (unpaired) electrons. The third-order valence-electron chi connectivity index (χ3n) is 3.20. The fraction of sp³-hybridized carbons (Fsp3) is 0.250. The Morgan fingerprint density at radius 3 is 2.71 bits per heavy atom. The molecule has 0 aliphatic rings. The van der Waals surface area contributed by atoms with Crippen LogP contribution in [0.3, 0.4) is 0 Å². The molecule has 0 spiro atoms. The molecule has 2 aromatic rings. The number of benzene rings is 1. The van der Waals surface area contributed by atoms with E-state index in [1.54, 1.807) is 13.3 Å². The lowest BCUT2D eigenvalue weighted by Gasteiger charge is -2.02. The van der Waals surface area contributed by atoms with Gasteiger partial charge in [0.05, 0.1) is 30.3 Å². The molecular formula is C16H20N3O4S+. The lowest BCUT2D eigenvalue weighted by molar-refractivity contribution is -0.696. The van der Waals surface area contributed by atoms with Crippen LogP contribution in [0.2, 0.25) is 0 Å². The SMILES string of the molecule is COc1ccc(NN=Cc2ccc[n+](CCCS(=O)(=O)O)c2)cc1. The molecule has 0 bridgehead atoms. The van der Waals surface area contributed by atoms with E-state index in [-0.39, 0.29) is 5.75 Å².